The Hall–Kier alpha value is -0.870. The molecule has 92 valence electrons. The lowest BCUT2D eigenvalue weighted by molar-refractivity contribution is 0.203. The van der Waals surface area contributed by atoms with Crippen LogP contribution in [0.2, 0.25) is 0 Å². The predicted octanol–water partition coefficient (Wildman–Crippen LogP) is 0.926. The minimum atomic E-state index is -0.411. The molecule has 0 aliphatic heterocycles. The summed E-state index contributed by atoms with van der Waals surface area (Å²) in [5, 5.41) is 13.9. The first kappa shape index (κ1) is 13.2. The van der Waals surface area contributed by atoms with Gasteiger partial charge in [-0.3, -0.25) is 4.68 Å². The zero-order chi connectivity index (χ0) is 12.6. The van der Waals surface area contributed by atoms with Crippen molar-refractivity contribution in [2.45, 2.75) is 38.5 Å². The summed E-state index contributed by atoms with van der Waals surface area (Å²) in [6.07, 6.45) is 0. The zero-order valence-corrected chi connectivity index (χ0v) is 10.9. The van der Waals surface area contributed by atoms with Crippen LogP contribution in [0, 0.1) is 0 Å². The van der Waals surface area contributed by atoms with Crippen LogP contribution in [0.15, 0.2) is 6.07 Å². The summed E-state index contributed by atoms with van der Waals surface area (Å²) in [6, 6.07) is 2.04. The molecule has 0 saturated heterocycles. The SMILES string of the molecule is Cn1nc(C(C)(C)C)cc1C(C)(CN)CO. The summed E-state index contributed by atoms with van der Waals surface area (Å²) in [5.74, 6) is 0. The van der Waals surface area contributed by atoms with Gasteiger partial charge in [-0.2, -0.15) is 5.10 Å². The van der Waals surface area contributed by atoms with Crippen molar-refractivity contribution in [1.82, 2.24) is 9.78 Å². The Morgan fingerprint density at radius 2 is 1.94 bits per heavy atom. The molecule has 0 aliphatic carbocycles. The molecule has 1 unspecified atom stereocenters. The molecule has 0 aromatic carbocycles. The van der Waals surface area contributed by atoms with Crippen LogP contribution >= 0.6 is 0 Å². The van der Waals surface area contributed by atoms with Crippen LogP contribution in [0.1, 0.15) is 39.1 Å². The van der Waals surface area contributed by atoms with E-state index in [4.69, 9.17) is 5.73 Å². The van der Waals surface area contributed by atoms with E-state index < -0.39 is 5.41 Å². The second-order valence-electron chi connectivity index (χ2n) is 5.71. The number of nitrogens with zero attached hydrogens (tertiary/aromatic N) is 2. The molecular formula is C12H23N3O. The second kappa shape index (κ2) is 4.18. The Balaban J connectivity index is 3.21. The van der Waals surface area contributed by atoms with Gasteiger partial charge in [0.05, 0.1) is 12.3 Å². The van der Waals surface area contributed by atoms with E-state index in [1.54, 1.807) is 0 Å². The number of nitrogens with two attached hydrogens (primary N) is 1. The third-order valence-electron chi connectivity index (χ3n) is 3.07. The highest BCUT2D eigenvalue weighted by molar-refractivity contribution is 5.24. The first-order valence-corrected chi connectivity index (χ1v) is 5.60. The summed E-state index contributed by atoms with van der Waals surface area (Å²) in [6.45, 7) is 8.77. The molecule has 16 heavy (non-hydrogen) atoms. The summed E-state index contributed by atoms with van der Waals surface area (Å²) >= 11 is 0. The summed E-state index contributed by atoms with van der Waals surface area (Å²) in [4.78, 5) is 0. The Morgan fingerprint density at radius 1 is 1.38 bits per heavy atom. The average Bonchev–Trinajstić information content (AvgIpc) is 2.59. The molecule has 0 radical (unpaired) electrons. The Morgan fingerprint density at radius 3 is 2.25 bits per heavy atom. The van der Waals surface area contributed by atoms with Gasteiger partial charge >= 0.3 is 0 Å². The number of rotatable bonds is 3. The molecule has 0 saturated carbocycles. The van der Waals surface area contributed by atoms with Crippen LogP contribution < -0.4 is 5.73 Å². The second-order valence-corrected chi connectivity index (χ2v) is 5.71. The highest BCUT2D eigenvalue weighted by atomic mass is 16.3. The summed E-state index contributed by atoms with van der Waals surface area (Å²) < 4.78 is 1.82. The predicted molar refractivity (Wildman–Crippen MR) is 65.4 cm³/mol. The van der Waals surface area contributed by atoms with Gasteiger partial charge in [0, 0.05) is 30.1 Å². The van der Waals surface area contributed by atoms with Crippen molar-refractivity contribution in [3.63, 3.8) is 0 Å². The third-order valence-corrected chi connectivity index (χ3v) is 3.07. The standard InChI is InChI=1S/C12H23N3O/c1-11(2,3)9-6-10(15(5)14-9)12(4,7-13)8-16/h6,16H,7-8,13H2,1-5H3. The van der Waals surface area contributed by atoms with E-state index >= 15 is 0 Å². The maximum absolute atomic E-state index is 9.45. The van der Waals surface area contributed by atoms with Crippen LogP contribution in [0.5, 0.6) is 0 Å². The minimum Gasteiger partial charge on any atom is -0.395 e. The lowest BCUT2D eigenvalue weighted by Crippen LogP contribution is -2.37. The Kier molecular flexibility index (Phi) is 3.45. The topological polar surface area (TPSA) is 64.1 Å². The van der Waals surface area contributed by atoms with Crippen molar-refractivity contribution in [3.8, 4) is 0 Å². The molecular weight excluding hydrogens is 202 g/mol. The maximum Gasteiger partial charge on any atom is 0.0681 e. The first-order valence-electron chi connectivity index (χ1n) is 5.60. The molecule has 1 aromatic heterocycles. The van der Waals surface area contributed by atoms with Gasteiger partial charge in [0.15, 0.2) is 0 Å². The van der Waals surface area contributed by atoms with Crippen LogP contribution in [-0.4, -0.2) is 28.0 Å². The molecule has 0 fully saturated rings. The minimum absolute atomic E-state index is 0.0149. The molecule has 4 nitrogen and oxygen atoms in total. The van der Waals surface area contributed by atoms with Crippen LogP contribution in [-0.2, 0) is 17.9 Å². The quantitative estimate of drug-likeness (QED) is 0.804. The summed E-state index contributed by atoms with van der Waals surface area (Å²) in [7, 11) is 1.90. The van der Waals surface area contributed by atoms with Crippen molar-refractivity contribution in [2.24, 2.45) is 12.8 Å². The Labute approximate surface area is 97.5 Å². The van der Waals surface area contributed by atoms with Crippen molar-refractivity contribution >= 4 is 0 Å². The number of hydrogen-bond donors (Lipinski definition) is 2. The summed E-state index contributed by atoms with van der Waals surface area (Å²) in [5.41, 5.74) is 7.35. The highest BCUT2D eigenvalue weighted by Gasteiger charge is 2.30. The monoisotopic (exact) mass is 225 g/mol. The number of aromatic nitrogens is 2. The molecule has 4 heteroatoms. The fourth-order valence-corrected chi connectivity index (χ4v) is 1.65. The molecule has 3 N–H and O–H groups in total. The highest BCUT2D eigenvalue weighted by Crippen LogP contribution is 2.27. The first-order chi connectivity index (χ1) is 7.24. The average molecular weight is 225 g/mol. The van der Waals surface area contributed by atoms with Gasteiger partial charge in [-0.1, -0.05) is 27.7 Å². The Bertz CT molecular complexity index is 359. The van der Waals surface area contributed by atoms with Gasteiger partial charge in [0.2, 0.25) is 0 Å². The molecule has 0 amide bonds. The van der Waals surface area contributed by atoms with E-state index in [0.717, 1.165) is 11.4 Å². The zero-order valence-electron chi connectivity index (χ0n) is 10.9. The van der Waals surface area contributed by atoms with E-state index in [9.17, 15) is 5.11 Å². The lowest BCUT2D eigenvalue weighted by Gasteiger charge is -2.25. The normalized spacial score (nSPS) is 16.2. The maximum atomic E-state index is 9.45. The molecule has 0 aliphatic rings. The van der Waals surface area contributed by atoms with E-state index in [1.807, 2.05) is 24.7 Å². The van der Waals surface area contributed by atoms with Crippen LogP contribution in [0.3, 0.4) is 0 Å². The largest absolute Gasteiger partial charge is 0.395 e. The fourth-order valence-electron chi connectivity index (χ4n) is 1.65. The molecule has 0 spiro atoms. The van der Waals surface area contributed by atoms with Gasteiger partial charge in [-0.25, -0.2) is 0 Å². The molecule has 1 heterocycles. The molecule has 1 aromatic rings. The smallest absolute Gasteiger partial charge is 0.0681 e. The van der Waals surface area contributed by atoms with Gasteiger partial charge in [-0.05, 0) is 6.07 Å². The molecule has 1 atom stereocenters. The van der Waals surface area contributed by atoms with Gasteiger partial charge < -0.3 is 10.8 Å². The number of aryl methyl sites for hydroxylation is 1. The van der Waals surface area contributed by atoms with Gasteiger partial charge in [0.1, 0.15) is 0 Å². The van der Waals surface area contributed by atoms with Crippen LogP contribution in [0.4, 0.5) is 0 Å². The number of aliphatic hydroxyl groups excluding tert-OH is 1. The molecule has 1 rings (SSSR count). The van der Waals surface area contributed by atoms with E-state index in [1.165, 1.54) is 0 Å². The van der Waals surface area contributed by atoms with Crippen molar-refractivity contribution in [2.75, 3.05) is 13.2 Å². The van der Waals surface area contributed by atoms with E-state index in [-0.39, 0.29) is 12.0 Å². The lowest BCUT2D eigenvalue weighted by atomic mass is 9.85. The van der Waals surface area contributed by atoms with Crippen LogP contribution in [0.25, 0.3) is 0 Å². The van der Waals surface area contributed by atoms with E-state index in [2.05, 4.69) is 25.9 Å². The third kappa shape index (κ3) is 2.28. The van der Waals surface area contributed by atoms with Gasteiger partial charge in [-0.15, -0.1) is 0 Å². The number of hydrogen-bond acceptors (Lipinski definition) is 3. The number of aliphatic hydroxyl groups is 1. The van der Waals surface area contributed by atoms with Crippen molar-refractivity contribution in [3.05, 3.63) is 17.5 Å². The van der Waals surface area contributed by atoms with Crippen molar-refractivity contribution < 1.29 is 5.11 Å². The molecule has 0 bridgehead atoms. The van der Waals surface area contributed by atoms with Crippen molar-refractivity contribution in [1.29, 1.82) is 0 Å². The van der Waals surface area contributed by atoms with Gasteiger partial charge in [0.25, 0.3) is 0 Å². The van der Waals surface area contributed by atoms with E-state index in [0.29, 0.717) is 6.54 Å². The fraction of sp³-hybridized carbons (Fsp3) is 0.750.